The average Bonchev–Trinajstić information content (AvgIpc) is 2.53. The predicted molar refractivity (Wildman–Crippen MR) is 86.8 cm³/mol. The summed E-state index contributed by atoms with van der Waals surface area (Å²) in [4.78, 5) is 0. The van der Waals surface area contributed by atoms with Crippen LogP contribution >= 0.6 is 0 Å². The highest BCUT2D eigenvalue weighted by Crippen LogP contribution is 2.37. The Morgan fingerprint density at radius 1 is 1.00 bits per heavy atom. The van der Waals surface area contributed by atoms with Crippen molar-refractivity contribution in [3.8, 4) is 17.2 Å². The van der Waals surface area contributed by atoms with E-state index in [9.17, 15) is 8.42 Å². The fraction of sp³-hybridized carbons (Fsp3) is 0.143. The number of nitrogen functional groups attached to an aromatic ring is 1. The topological polar surface area (TPSA) is 133 Å². The van der Waals surface area contributed by atoms with Gasteiger partial charge < -0.3 is 19.4 Å². The molecular weight excluding hydrogens is 338 g/mol. The molecule has 0 heterocycles. The van der Waals surface area contributed by atoms with Crippen LogP contribution in [0.1, 0.15) is 0 Å². The maximum atomic E-state index is 10.6. The number of hydrogen-bond donors (Lipinski definition) is 2. The lowest BCUT2D eigenvalue weighted by Crippen LogP contribution is -2.06. The Morgan fingerprint density at radius 3 is 2.17 bits per heavy atom. The maximum Gasteiger partial charge on any atom is 0.446 e. The van der Waals surface area contributed by atoms with E-state index < -0.39 is 10.4 Å². The van der Waals surface area contributed by atoms with Gasteiger partial charge in [-0.1, -0.05) is 0 Å². The molecule has 0 saturated heterocycles. The van der Waals surface area contributed by atoms with Gasteiger partial charge in [0.2, 0.25) is 0 Å². The minimum atomic E-state index is -4.56. The van der Waals surface area contributed by atoms with Gasteiger partial charge in [-0.05, 0) is 24.3 Å². The molecule has 0 aliphatic carbocycles. The van der Waals surface area contributed by atoms with E-state index in [4.69, 9.17) is 19.8 Å². The van der Waals surface area contributed by atoms with Crippen molar-refractivity contribution in [1.82, 2.24) is 0 Å². The number of nitrogens with zero attached hydrogens (tertiary/aromatic N) is 2. The lowest BCUT2D eigenvalue weighted by Gasteiger charge is -2.09. The zero-order chi connectivity index (χ0) is 17.7. The van der Waals surface area contributed by atoms with Gasteiger partial charge in [-0.3, -0.25) is 4.55 Å². The lowest BCUT2D eigenvalue weighted by molar-refractivity contribution is 0.387. The number of azo groups is 1. The van der Waals surface area contributed by atoms with Crippen molar-refractivity contribution in [3.63, 3.8) is 0 Å². The predicted octanol–water partition coefficient (Wildman–Crippen LogP) is 2.88. The first kappa shape index (κ1) is 17.5. The van der Waals surface area contributed by atoms with E-state index in [-0.39, 0.29) is 5.75 Å². The van der Waals surface area contributed by atoms with Crippen molar-refractivity contribution in [2.45, 2.75) is 0 Å². The second-order valence-corrected chi connectivity index (χ2v) is 5.49. The van der Waals surface area contributed by atoms with Gasteiger partial charge in [0, 0.05) is 12.1 Å². The van der Waals surface area contributed by atoms with E-state index in [1.807, 2.05) is 0 Å². The smallest absolute Gasteiger partial charge is 0.446 e. The summed E-state index contributed by atoms with van der Waals surface area (Å²) < 4.78 is 44.4. The van der Waals surface area contributed by atoms with Gasteiger partial charge in [0.25, 0.3) is 0 Å². The molecule has 24 heavy (non-hydrogen) atoms. The Morgan fingerprint density at radius 2 is 1.62 bits per heavy atom. The second kappa shape index (κ2) is 7.15. The molecule has 2 rings (SSSR count). The van der Waals surface area contributed by atoms with Crippen LogP contribution in [-0.2, 0) is 10.4 Å². The average molecular weight is 353 g/mol. The molecule has 128 valence electrons. The Bertz CT molecular complexity index is 850. The van der Waals surface area contributed by atoms with Crippen LogP contribution in [0, 0.1) is 0 Å². The van der Waals surface area contributed by atoms with Crippen molar-refractivity contribution in [2.24, 2.45) is 10.2 Å². The highest BCUT2D eigenvalue weighted by atomic mass is 32.3. The number of hydrogen-bond acceptors (Lipinski definition) is 8. The quantitative estimate of drug-likeness (QED) is 0.463. The molecule has 9 nitrogen and oxygen atoms in total. The minimum absolute atomic E-state index is 0.0526. The van der Waals surface area contributed by atoms with Gasteiger partial charge in [-0.15, -0.1) is 5.11 Å². The summed E-state index contributed by atoms with van der Waals surface area (Å²) in [6.07, 6.45) is 0. The Kier molecular flexibility index (Phi) is 5.21. The molecule has 3 N–H and O–H groups in total. The number of rotatable bonds is 6. The first-order chi connectivity index (χ1) is 11.3. The SMILES string of the molecule is COc1cc(N=Nc2ccc(OS(=O)(=O)O)cc2)c(OC)cc1N. The maximum absolute atomic E-state index is 10.6. The lowest BCUT2D eigenvalue weighted by atomic mass is 10.2. The summed E-state index contributed by atoms with van der Waals surface area (Å²) in [7, 11) is -1.61. The normalized spacial score (nSPS) is 11.5. The van der Waals surface area contributed by atoms with Gasteiger partial charge in [-0.25, -0.2) is 0 Å². The third-order valence-corrected chi connectivity index (χ3v) is 3.25. The summed E-state index contributed by atoms with van der Waals surface area (Å²) >= 11 is 0. The first-order valence-electron chi connectivity index (χ1n) is 6.52. The van der Waals surface area contributed by atoms with Gasteiger partial charge >= 0.3 is 10.4 Å². The van der Waals surface area contributed by atoms with Crippen LogP contribution in [0.15, 0.2) is 46.6 Å². The Balaban J connectivity index is 2.24. The summed E-state index contributed by atoms with van der Waals surface area (Å²) in [6, 6.07) is 8.71. The first-order valence-corrected chi connectivity index (χ1v) is 7.89. The molecule has 0 fully saturated rings. The monoisotopic (exact) mass is 353 g/mol. The minimum Gasteiger partial charge on any atom is -0.495 e. The number of nitrogens with two attached hydrogens (primary N) is 1. The van der Waals surface area contributed by atoms with E-state index in [1.54, 1.807) is 12.1 Å². The summed E-state index contributed by atoms with van der Waals surface area (Å²) in [5.74, 6) is 0.799. The van der Waals surface area contributed by atoms with E-state index in [0.717, 1.165) is 0 Å². The molecule has 2 aromatic rings. The molecule has 0 spiro atoms. The van der Waals surface area contributed by atoms with E-state index >= 15 is 0 Å². The molecule has 0 amide bonds. The number of methoxy groups -OCH3 is 2. The molecule has 0 aliphatic heterocycles. The molecular formula is C14H15N3O6S. The molecule has 0 atom stereocenters. The van der Waals surface area contributed by atoms with Crippen molar-refractivity contribution in [3.05, 3.63) is 36.4 Å². The summed E-state index contributed by atoms with van der Waals surface area (Å²) in [5, 5.41) is 8.07. The zero-order valence-electron chi connectivity index (χ0n) is 12.8. The molecule has 0 aliphatic rings. The van der Waals surface area contributed by atoms with E-state index in [1.165, 1.54) is 38.5 Å². The summed E-state index contributed by atoms with van der Waals surface area (Å²) in [5.41, 5.74) is 7.02. The van der Waals surface area contributed by atoms with Gasteiger partial charge in [-0.2, -0.15) is 13.5 Å². The number of anilines is 1. The van der Waals surface area contributed by atoms with Crippen molar-refractivity contribution < 1.29 is 26.6 Å². The van der Waals surface area contributed by atoms with Crippen molar-refractivity contribution in [2.75, 3.05) is 20.0 Å². The molecule has 2 aromatic carbocycles. The molecule has 0 saturated carbocycles. The highest BCUT2D eigenvalue weighted by molar-refractivity contribution is 7.81. The largest absolute Gasteiger partial charge is 0.495 e. The van der Waals surface area contributed by atoms with E-state index in [0.29, 0.717) is 28.6 Å². The Labute approximate surface area is 138 Å². The third kappa shape index (κ3) is 4.57. The van der Waals surface area contributed by atoms with Gasteiger partial charge in [0.05, 0.1) is 25.6 Å². The number of benzene rings is 2. The standard InChI is InChI=1S/C14H15N3O6S/c1-21-13-8-12(14(22-2)7-11(13)15)17-16-9-3-5-10(6-4-9)23-24(18,19)20/h3-8H,15H2,1-2H3,(H,18,19,20). The molecule has 10 heteroatoms. The van der Waals surface area contributed by atoms with Crippen LogP contribution in [-0.4, -0.2) is 27.2 Å². The molecule has 0 aromatic heterocycles. The molecule has 0 unspecified atom stereocenters. The van der Waals surface area contributed by atoms with Crippen LogP contribution < -0.4 is 19.4 Å². The fourth-order valence-electron chi connectivity index (χ4n) is 1.78. The fourth-order valence-corrected chi connectivity index (χ4v) is 2.14. The van der Waals surface area contributed by atoms with Crippen LogP contribution in [0.5, 0.6) is 17.2 Å². The highest BCUT2D eigenvalue weighted by Gasteiger charge is 2.09. The van der Waals surface area contributed by atoms with Crippen LogP contribution in [0.3, 0.4) is 0 Å². The van der Waals surface area contributed by atoms with E-state index in [2.05, 4.69) is 14.4 Å². The molecule has 0 radical (unpaired) electrons. The van der Waals surface area contributed by atoms with Crippen LogP contribution in [0.4, 0.5) is 17.1 Å². The van der Waals surface area contributed by atoms with Crippen LogP contribution in [0.2, 0.25) is 0 Å². The van der Waals surface area contributed by atoms with Crippen LogP contribution in [0.25, 0.3) is 0 Å². The third-order valence-electron chi connectivity index (χ3n) is 2.84. The van der Waals surface area contributed by atoms with Gasteiger partial charge in [0.15, 0.2) is 0 Å². The molecule has 0 bridgehead atoms. The van der Waals surface area contributed by atoms with Gasteiger partial charge in [0.1, 0.15) is 22.9 Å². The van der Waals surface area contributed by atoms with Crippen molar-refractivity contribution in [1.29, 1.82) is 0 Å². The Hall–Kier alpha value is -2.85. The zero-order valence-corrected chi connectivity index (χ0v) is 13.6. The summed E-state index contributed by atoms with van der Waals surface area (Å²) in [6.45, 7) is 0. The second-order valence-electron chi connectivity index (χ2n) is 4.47. The van der Waals surface area contributed by atoms with Crippen molar-refractivity contribution >= 4 is 27.5 Å². The number of ether oxygens (including phenoxy) is 2.